The Hall–Kier alpha value is -1.83. The summed E-state index contributed by atoms with van der Waals surface area (Å²) in [6.45, 7) is 1.96. The maximum Gasteiger partial charge on any atom is 0.150 e. The van der Waals surface area contributed by atoms with Gasteiger partial charge in [0.1, 0.15) is 6.29 Å². The topological polar surface area (TPSA) is 43.1 Å². The number of benzene rings is 2. The lowest BCUT2D eigenvalue weighted by Gasteiger charge is -2.06. The summed E-state index contributed by atoms with van der Waals surface area (Å²) in [7, 11) is 0. The first kappa shape index (κ1) is 8.75. The second-order valence-electron chi connectivity index (χ2n) is 3.40. The van der Waals surface area contributed by atoms with Gasteiger partial charge in [0.25, 0.3) is 0 Å². The van der Waals surface area contributed by atoms with Gasteiger partial charge >= 0.3 is 0 Å². The van der Waals surface area contributed by atoms with Crippen molar-refractivity contribution in [3.63, 3.8) is 0 Å². The molecule has 0 aliphatic rings. The minimum Gasteiger partial charge on any atom is -0.398 e. The molecule has 0 aliphatic heterocycles. The predicted molar refractivity (Wildman–Crippen MR) is 58.5 cm³/mol. The van der Waals surface area contributed by atoms with E-state index in [9.17, 15) is 4.79 Å². The van der Waals surface area contributed by atoms with Crippen LogP contribution in [0.2, 0.25) is 0 Å². The van der Waals surface area contributed by atoms with E-state index in [-0.39, 0.29) is 0 Å². The molecule has 0 saturated heterocycles. The molecule has 2 rings (SSSR count). The molecule has 0 spiro atoms. The Balaban J connectivity index is 2.89. The van der Waals surface area contributed by atoms with Gasteiger partial charge in [-0.25, -0.2) is 0 Å². The molecule has 0 atom stereocenters. The number of fused-ring (bicyclic) bond motifs is 1. The van der Waals surface area contributed by atoms with Gasteiger partial charge in [-0.15, -0.1) is 0 Å². The van der Waals surface area contributed by atoms with Crippen molar-refractivity contribution in [1.29, 1.82) is 0 Å². The molecule has 2 aromatic rings. The number of nitrogen functional groups attached to an aromatic ring is 1. The van der Waals surface area contributed by atoms with Crippen molar-refractivity contribution < 1.29 is 4.79 Å². The molecule has 2 aromatic carbocycles. The lowest BCUT2D eigenvalue weighted by atomic mass is 10.0. The molecule has 0 radical (unpaired) electrons. The number of carbonyl (C=O) groups excluding carboxylic acids is 1. The van der Waals surface area contributed by atoms with Crippen molar-refractivity contribution in [3.05, 3.63) is 41.5 Å². The summed E-state index contributed by atoms with van der Waals surface area (Å²) in [5.74, 6) is 0. The van der Waals surface area contributed by atoms with Crippen molar-refractivity contribution in [2.75, 3.05) is 5.73 Å². The minimum atomic E-state index is 0.695. The van der Waals surface area contributed by atoms with E-state index in [1.807, 2.05) is 37.3 Å². The van der Waals surface area contributed by atoms with E-state index in [2.05, 4.69) is 0 Å². The molecule has 0 aromatic heterocycles. The van der Waals surface area contributed by atoms with Crippen LogP contribution in [0.15, 0.2) is 30.3 Å². The van der Waals surface area contributed by atoms with Crippen LogP contribution in [-0.2, 0) is 0 Å². The Kier molecular flexibility index (Phi) is 1.97. The minimum absolute atomic E-state index is 0.695. The Morgan fingerprint density at radius 1 is 1.29 bits per heavy atom. The second kappa shape index (κ2) is 3.14. The summed E-state index contributed by atoms with van der Waals surface area (Å²) in [6, 6.07) is 9.44. The molecule has 0 amide bonds. The number of hydrogen-bond acceptors (Lipinski definition) is 2. The number of anilines is 1. The van der Waals surface area contributed by atoms with E-state index in [0.717, 1.165) is 28.3 Å². The van der Waals surface area contributed by atoms with Crippen LogP contribution in [0.5, 0.6) is 0 Å². The van der Waals surface area contributed by atoms with Crippen LogP contribution in [0, 0.1) is 6.92 Å². The largest absolute Gasteiger partial charge is 0.398 e. The highest BCUT2D eigenvalue weighted by Gasteiger charge is 2.02. The molecule has 70 valence electrons. The van der Waals surface area contributed by atoms with Gasteiger partial charge in [0, 0.05) is 16.6 Å². The average molecular weight is 185 g/mol. The summed E-state index contributed by atoms with van der Waals surface area (Å²) in [5.41, 5.74) is 8.36. The first-order valence-electron chi connectivity index (χ1n) is 4.46. The lowest BCUT2D eigenvalue weighted by Crippen LogP contribution is -1.91. The average Bonchev–Trinajstić information content (AvgIpc) is 2.17. The molecular weight excluding hydrogens is 174 g/mol. The molecule has 0 heterocycles. The van der Waals surface area contributed by atoms with Crippen LogP contribution in [0.4, 0.5) is 5.69 Å². The second-order valence-corrected chi connectivity index (χ2v) is 3.40. The number of aldehydes is 1. The first-order valence-corrected chi connectivity index (χ1v) is 4.46. The highest BCUT2D eigenvalue weighted by Crippen LogP contribution is 2.25. The molecule has 0 saturated carbocycles. The Morgan fingerprint density at radius 3 is 2.79 bits per heavy atom. The van der Waals surface area contributed by atoms with Crippen molar-refractivity contribution in [2.45, 2.75) is 6.92 Å². The summed E-state index contributed by atoms with van der Waals surface area (Å²) >= 11 is 0. The highest BCUT2D eigenvalue weighted by molar-refractivity contribution is 5.98. The van der Waals surface area contributed by atoms with Crippen LogP contribution in [-0.4, -0.2) is 6.29 Å². The molecule has 2 heteroatoms. The van der Waals surface area contributed by atoms with Crippen molar-refractivity contribution in [2.24, 2.45) is 0 Å². The van der Waals surface area contributed by atoms with Gasteiger partial charge in [0.05, 0.1) is 0 Å². The number of aryl methyl sites for hydroxylation is 1. The van der Waals surface area contributed by atoms with Gasteiger partial charge in [0.15, 0.2) is 0 Å². The Bertz CT molecular complexity index is 503. The van der Waals surface area contributed by atoms with Crippen molar-refractivity contribution in [1.82, 2.24) is 0 Å². The quantitative estimate of drug-likeness (QED) is 0.548. The van der Waals surface area contributed by atoms with E-state index >= 15 is 0 Å². The maximum absolute atomic E-state index is 10.7. The number of carbonyl (C=O) groups is 1. The molecule has 2 N–H and O–H groups in total. The lowest BCUT2D eigenvalue weighted by molar-refractivity contribution is 0.112. The maximum atomic E-state index is 10.7. The van der Waals surface area contributed by atoms with Crippen LogP contribution < -0.4 is 5.73 Å². The van der Waals surface area contributed by atoms with Gasteiger partial charge < -0.3 is 5.73 Å². The molecule has 0 unspecified atom stereocenters. The third-order valence-corrected chi connectivity index (χ3v) is 2.36. The molecule has 0 bridgehead atoms. The van der Waals surface area contributed by atoms with Crippen LogP contribution in [0.3, 0.4) is 0 Å². The zero-order valence-electron chi connectivity index (χ0n) is 7.95. The summed E-state index contributed by atoms with van der Waals surface area (Å²) in [5, 5.41) is 2.06. The number of hydrogen-bond donors (Lipinski definition) is 1. The Labute approximate surface area is 82.3 Å². The van der Waals surface area contributed by atoms with Crippen LogP contribution in [0.1, 0.15) is 15.9 Å². The third kappa shape index (κ3) is 1.25. The summed E-state index contributed by atoms with van der Waals surface area (Å²) < 4.78 is 0. The van der Waals surface area contributed by atoms with E-state index in [0.29, 0.717) is 5.56 Å². The van der Waals surface area contributed by atoms with E-state index in [1.165, 1.54) is 0 Å². The fourth-order valence-corrected chi connectivity index (χ4v) is 1.78. The fraction of sp³-hybridized carbons (Fsp3) is 0.0833. The SMILES string of the molecule is Cc1cc(C=O)cc2cccc(N)c12. The third-order valence-electron chi connectivity index (χ3n) is 2.36. The zero-order chi connectivity index (χ0) is 10.1. The number of nitrogens with two attached hydrogens (primary N) is 1. The summed E-state index contributed by atoms with van der Waals surface area (Å²) in [4.78, 5) is 10.7. The molecule has 2 nitrogen and oxygen atoms in total. The fourth-order valence-electron chi connectivity index (χ4n) is 1.78. The van der Waals surface area contributed by atoms with E-state index < -0.39 is 0 Å². The zero-order valence-corrected chi connectivity index (χ0v) is 7.95. The van der Waals surface area contributed by atoms with Gasteiger partial charge in [-0.3, -0.25) is 4.79 Å². The monoisotopic (exact) mass is 185 g/mol. The first-order chi connectivity index (χ1) is 6.72. The smallest absolute Gasteiger partial charge is 0.150 e. The normalized spacial score (nSPS) is 10.4. The molecular formula is C12H11NO. The van der Waals surface area contributed by atoms with Crippen molar-refractivity contribution >= 4 is 22.7 Å². The van der Waals surface area contributed by atoms with Gasteiger partial charge in [0.2, 0.25) is 0 Å². The standard InChI is InChI=1S/C12H11NO/c1-8-5-9(7-14)6-10-3-2-4-11(13)12(8)10/h2-7H,13H2,1H3. The molecule has 14 heavy (non-hydrogen) atoms. The molecule has 0 aliphatic carbocycles. The van der Waals surface area contributed by atoms with Gasteiger partial charge in [-0.2, -0.15) is 0 Å². The van der Waals surface area contributed by atoms with Gasteiger partial charge in [-0.1, -0.05) is 12.1 Å². The Morgan fingerprint density at radius 2 is 2.07 bits per heavy atom. The van der Waals surface area contributed by atoms with Crippen LogP contribution in [0.25, 0.3) is 10.8 Å². The van der Waals surface area contributed by atoms with Crippen LogP contribution >= 0.6 is 0 Å². The van der Waals surface area contributed by atoms with E-state index in [4.69, 9.17) is 5.73 Å². The van der Waals surface area contributed by atoms with Crippen molar-refractivity contribution in [3.8, 4) is 0 Å². The van der Waals surface area contributed by atoms with E-state index in [1.54, 1.807) is 0 Å². The summed E-state index contributed by atoms with van der Waals surface area (Å²) in [6.07, 6.45) is 0.857. The molecule has 0 fully saturated rings. The highest BCUT2D eigenvalue weighted by atomic mass is 16.1. The number of rotatable bonds is 1. The van der Waals surface area contributed by atoms with Gasteiger partial charge in [-0.05, 0) is 36.1 Å². The predicted octanol–water partition coefficient (Wildman–Crippen LogP) is 2.54.